The van der Waals surface area contributed by atoms with E-state index in [0.717, 1.165) is 81.0 Å². The van der Waals surface area contributed by atoms with Gasteiger partial charge in [0.25, 0.3) is 0 Å². The van der Waals surface area contributed by atoms with Crippen molar-refractivity contribution in [2.75, 3.05) is 26.2 Å². The van der Waals surface area contributed by atoms with E-state index < -0.39 is 0 Å². The van der Waals surface area contributed by atoms with Crippen molar-refractivity contribution >= 4 is 17.3 Å². The van der Waals surface area contributed by atoms with Gasteiger partial charge in [-0.05, 0) is 70.1 Å². The fourth-order valence-corrected chi connectivity index (χ4v) is 4.31. The SMILES string of the molecule is C=C(/C=C(Cl)\C=C/CCC)CCC.CC.CC.C\C=C(C(/C(C)=N/C=C/CC)=C(/C)N1CCNCC1)\C(C)CC. The molecule has 0 aliphatic carbocycles. The number of unbranched alkanes of at least 4 members (excludes halogenated alkanes) is 1. The lowest BCUT2D eigenvalue weighted by Gasteiger charge is -2.33. The Labute approximate surface area is 256 Å². The summed E-state index contributed by atoms with van der Waals surface area (Å²) in [5.74, 6) is 0.549. The highest BCUT2D eigenvalue weighted by molar-refractivity contribution is 6.31. The smallest absolute Gasteiger partial charge is 0.0464 e. The van der Waals surface area contributed by atoms with Gasteiger partial charge >= 0.3 is 0 Å². The number of aliphatic imine (C=N–C) groups is 1. The maximum atomic E-state index is 5.96. The summed E-state index contributed by atoms with van der Waals surface area (Å²) in [7, 11) is 0. The van der Waals surface area contributed by atoms with Gasteiger partial charge in [0.2, 0.25) is 0 Å². The molecule has 3 nitrogen and oxygen atoms in total. The van der Waals surface area contributed by atoms with Crippen molar-refractivity contribution in [2.24, 2.45) is 10.9 Å². The Balaban J connectivity index is -0.000000685. The molecule has 0 radical (unpaired) electrons. The standard InChI is InChI=1S/C20H35N3.C12H19Cl.2C2H6/c1-7-10-11-22-17(5)20(19(9-3)16(4)8-2)18(6)23-14-12-21-13-15-23;1-4-6-7-9-12(13)10-11(3)8-5-2;2*1-2/h9-11,16,21H,7-8,12-15H2,1-6H3;7,9-10H,3-6,8H2,1-2H3;2*1-2H3/b11-10+,19-9-,20-18-,22-17+;9-7-,12-10+;;. The van der Waals surface area contributed by atoms with E-state index >= 15 is 0 Å². The molecule has 1 aliphatic heterocycles. The largest absolute Gasteiger partial charge is 0.372 e. The number of halogens is 1. The predicted octanol–water partition coefficient (Wildman–Crippen LogP) is 11.4. The van der Waals surface area contributed by atoms with Crippen molar-refractivity contribution in [3.63, 3.8) is 0 Å². The lowest BCUT2D eigenvalue weighted by molar-refractivity contribution is 0.298. The van der Waals surface area contributed by atoms with Gasteiger partial charge in [0.05, 0.1) is 0 Å². The maximum Gasteiger partial charge on any atom is 0.0464 e. The Morgan fingerprint density at radius 2 is 1.60 bits per heavy atom. The number of hydrogen-bond acceptors (Lipinski definition) is 3. The first-order valence-electron chi connectivity index (χ1n) is 16.0. The molecule has 4 heteroatoms. The lowest BCUT2D eigenvalue weighted by Crippen LogP contribution is -2.43. The van der Waals surface area contributed by atoms with Crippen LogP contribution < -0.4 is 5.32 Å². The molecule has 0 aromatic heterocycles. The highest BCUT2D eigenvalue weighted by Crippen LogP contribution is 2.28. The molecule has 1 unspecified atom stereocenters. The molecule has 1 atom stereocenters. The monoisotopic (exact) mass is 575 g/mol. The first-order chi connectivity index (χ1) is 19.3. The number of hydrogen-bond donors (Lipinski definition) is 1. The van der Waals surface area contributed by atoms with Crippen LogP contribution in [0.3, 0.4) is 0 Å². The molecule has 0 saturated carbocycles. The number of nitrogens with zero attached hydrogens (tertiary/aromatic N) is 2. The van der Waals surface area contributed by atoms with Gasteiger partial charge in [-0.25, -0.2) is 0 Å². The van der Waals surface area contributed by atoms with Gasteiger partial charge in [-0.3, -0.25) is 4.99 Å². The van der Waals surface area contributed by atoms with Crippen LogP contribution in [0.25, 0.3) is 0 Å². The lowest BCUT2D eigenvalue weighted by atomic mass is 9.87. The van der Waals surface area contributed by atoms with Crippen LogP contribution in [0.2, 0.25) is 0 Å². The summed E-state index contributed by atoms with van der Waals surface area (Å²) in [6, 6.07) is 0. The van der Waals surface area contributed by atoms with E-state index in [1.165, 1.54) is 16.8 Å². The van der Waals surface area contributed by atoms with Crippen LogP contribution in [0.15, 0.2) is 75.6 Å². The zero-order chi connectivity index (χ0) is 31.3. The van der Waals surface area contributed by atoms with E-state index in [1.807, 2.05) is 46.0 Å². The molecule has 0 aromatic rings. The van der Waals surface area contributed by atoms with Gasteiger partial charge in [0.15, 0.2) is 0 Å². The van der Waals surface area contributed by atoms with Crippen molar-refractivity contribution < 1.29 is 0 Å². The average molecular weight is 576 g/mol. The van der Waals surface area contributed by atoms with Crippen molar-refractivity contribution in [2.45, 2.75) is 122 Å². The van der Waals surface area contributed by atoms with Gasteiger partial charge in [-0.15, -0.1) is 0 Å². The van der Waals surface area contributed by atoms with Crippen molar-refractivity contribution in [3.8, 4) is 0 Å². The summed E-state index contributed by atoms with van der Waals surface area (Å²) in [6.45, 7) is 33.8. The molecule has 0 amide bonds. The van der Waals surface area contributed by atoms with Gasteiger partial charge in [-0.1, -0.05) is 117 Å². The molecule has 1 aliphatic rings. The minimum Gasteiger partial charge on any atom is -0.372 e. The van der Waals surface area contributed by atoms with Crippen molar-refractivity contribution in [1.82, 2.24) is 10.2 Å². The van der Waals surface area contributed by atoms with E-state index in [0.29, 0.717) is 5.92 Å². The van der Waals surface area contributed by atoms with Crippen LogP contribution >= 0.6 is 11.6 Å². The second kappa shape index (κ2) is 30.1. The third-order valence-electron chi connectivity index (χ3n) is 6.31. The topological polar surface area (TPSA) is 27.6 Å². The molecule has 1 fully saturated rings. The van der Waals surface area contributed by atoms with Crippen molar-refractivity contribution in [1.29, 1.82) is 0 Å². The molecule has 0 aromatic carbocycles. The molecular weight excluding hydrogens is 510 g/mol. The molecule has 1 saturated heterocycles. The molecular formula is C36H66ClN3. The summed E-state index contributed by atoms with van der Waals surface area (Å²) in [5.41, 5.74) is 6.36. The summed E-state index contributed by atoms with van der Waals surface area (Å²) < 4.78 is 0. The minimum absolute atomic E-state index is 0.549. The fraction of sp³-hybridized carbons (Fsp3) is 0.639. The third-order valence-corrected chi connectivity index (χ3v) is 6.55. The number of nitrogens with one attached hydrogen (secondary N) is 1. The van der Waals surface area contributed by atoms with E-state index in [9.17, 15) is 0 Å². The zero-order valence-corrected chi connectivity index (χ0v) is 29.3. The van der Waals surface area contributed by atoms with E-state index in [1.54, 1.807) is 0 Å². The molecule has 40 heavy (non-hydrogen) atoms. The van der Waals surface area contributed by atoms with Crippen LogP contribution in [-0.2, 0) is 0 Å². The summed E-state index contributed by atoms with van der Waals surface area (Å²) in [4.78, 5) is 7.21. The van der Waals surface area contributed by atoms with E-state index in [2.05, 4.69) is 90.4 Å². The molecule has 1 heterocycles. The highest BCUT2D eigenvalue weighted by Gasteiger charge is 2.20. The van der Waals surface area contributed by atoms with Crippen LogP contribution in [-0.4, -0.2) is 36.8 Å². The van der Waals surface area contributed by atoms with Crippen molar-refractivity contribution in [3.05, 3.63) is 70.6 Å². The molecule has 1 rings (SSSR count). The fourth-order valence-electron chi connectivity index (χ4n) is 4.07. The van der Waals surface area contributed by atoms with Crippen LogP contribution in [0.4, 0.5) is 0 Å². The molecule has 0 spiro atoms. The van der Waals surface area contributed by atoms with Gasteiger partial charge < -0.3 is 10.2 Å². The van der Waals surface area contributed by atoms with Crippen LogP contribution in [0.1, 0.15) is 122 Å². The third kappa shape index (κ3) is 20.1. The minimum atomic E-state index is 0.549. The molecule has 0 bridgehead atoms. The average Bonchev–Trinajstić information content (AvgIpc) is 2.98. The Bertz CT molecular complexity index is 806. The Morgan fingerprint density at radius 3 is 2.08 bits per heavy atom. The summed E-state index contributed by atoms with van der Waals surface area (Å²) in [5, 5.41) is 4.22. The van der Waals surface area contributed by atoms with Crippen LogP contribution in [0.5, 0.6) is 0 Å². The summed E-state index contributed by atoms with van der Waals surface area (Å²) in [6.07, 6.45) is 18.9. The second-order valence-corrected chi connectivity index (χ2v) is 9.82. The first-order valence-corrected chi connectivity index (χ1v) is 16.4. The number of rotatable bonds is 13. The van der Waals surface area contributed by atoms with Gasteiger partial charge in [0, 0.05) is 54.4 Å². The molecule has 1 N–H and O–H groups in total. The number of allylic oxidation sites excluding steroid dienone is 10. The number of piperazine rings is 1. The maximum absolute atomic E-state index is 5.96. The predicted molar refractivity (Wildman–Crippen MR) is 188 cm³/mol. The normalized spacial score (nSPS) is 15.8. The quantitative estimate of drug-likeness (QED) is 0.175. The summed E-state index contributed by atoms with van der Waals surface area (Å²) >= 11 is 5.96. The zero-order valence-electron chi connectivity index (χ0n) is 28.6. The van der Waals surface area contributed by atoms with E-state index in [4.69, 9.17) is 16.6 Å². The Hall–Kier alpha value is -1.84. The van der Waals surface area contributed by atoms with E-state index in [-0.39, 0.29) is 0 Å². The van der Waals surface area contributed by atoms with Gasteiger partial charge in [-0.2, -0.15) is 0 Å². The first kappa shape index (κ1) is 42.6. The second-order valence-electron chi connectivity index (χ2n) is 9.39. The Kier molecular flexibility index (Phi) is 32.1. The molecule has 232 valence electrons. The van der Waals surface area contributed by atoms with Crippen LogP contribution in [0, 0.1) is 5.92 Å². The Morgan fingerprint density at radius 1 is 1.00 bits per heavy atom. The van der Waals surface area contributed by atoms with Gasteiger partial charge in [0.1, 0.15) is 0 Å². The highest BCUT2D eigenvalue weighted by atomic mass is 35.5.